The fourth-order valence-corrected chi connectivity index (χ4v) is 1.03. The molecule has 0 radical (unpaired) electrons. The summed E-state index contributed by atoms with van der Waals surface area (Å²) in [4.78, 5) is 7.21. The summed E-state index contributed by atoms with van der Waals surface area (Å²) >= 11 is 0. The van der Waals surface area contributed by atoms with Gasteiger partial charge in [0, 0.05) is 0 Å². The van der Waals surface area contributed by atoms with Crippen LogP contribution in [-0.2, 0) is 10.1 Å². The van der Waals surface area contributed by atoms with Gasteiger partial charge in [0.2, 0.25) is 0 Å². The number of aromatic nitrogens is 2. The molecule has 5 nitrogen and oxygen atoms in total. The largest absolute Gasteiger partial charge is 0.379 e. The molecule has 0 aromatic carbocycles. The quantitative estimate of drug-likeness (QED) is 0.634. The van der Waals surface area contributed by atoms with Crippen molar-refractivity contribution in [3.8, 4) is 5.75 Å². The van der Waals surface area contributed by atoms with Crippen LogP contribution in [0.1, 0.15) is 6.92 Å². The van der Waals surface area contributed by atoms with Gasteiger partial charge in [0.15, 0.2) is 5.75 Å². The molecule has 0 bridgehead atoms. The van der Waals surface area contributed by atoms with Crippen molar-refractivity contribution < 1.29 is 12.6 Å². The molecule has 12 heavy (non-hydrogen) atoms. The van der Waals surface area contributed by atoms with Gasteiger partial charge in [-0.1, -0.05) is 0 Å². The molecule has 0 saturated carbocycles. The summed E-state index contributed by atoms with van der Waals surface area (Å²) < 4.78 is 26.4. The van der Waals surface area contributed by atoms with Crippen molar-refractivity contribution in [1.82, 2.24) is 9.97 Å². The lowest BCUT2D eigenvalue weighted by Gasteiger charge is -2.01. The summed E-state index contributed by atoms with van der Waals surface area (Å²) in [6.07, 6.45) is 3.88. The molecule has 0 aliphatic rings. The Hall–Kier alpha value is -1.17. The van der Waals surface area contributed by atoms with Crippen LogP contribution in [0.15, 0.2) is 18.7 Å². The average molecular weight is 188 g/mol. The molecule has 0 aliphatic heterocycles. The summed E-state index contributed by atoms with van der Waals surface area (Å²) in [5, 5.41) is 0. The highest BCUT2D eigenvalue weighted by atomic mass is 32.2. The zero-order valence-electron chi connectivity index (χ0n) is 6.47. The van der Waals surface area contributed by atoms with E-state index < -0.39 is 10.1 Å². The van der Waals surface area contributed by atoms with Gasteiger partial charge in [-0.2, -0.15) is 8.42 Å². The molecule has 0 N–H and O–H groups in total. The minimum Gasteiger partial charge on any atom is -0.379 e. The van der Waals surface area contributed by atoms with E-state index in [1.165, 1.54) is 25.6 Å². The van der Waals surface area contributed by atoms with Crippen molar-refractivity contribution in [2.45, 2.75) is 6.92 Å². The average Bonchev–Trinajstić information content (AvgIpc) is 2.06. The van der Waals surface area contributed by atoms with Crippen LogP contribution < -0.4 is 4.18 Å². The first-order chi connectivity index (χ1) is 5.64. The Morgan fingerprint density at radius 2 is 2.00 bits per heavy atom. The number of rotatable bonds is 3. The van der Waals surface area contributed by atoms with Crippen molar-refractivity contribution in [2.24, 2.45) is 0 Å². The van der Waals surface area contributed by atoms with Gasteiger partial charge in [0.05, 0.1) is 18.1 Å². The van der Waals surface area contributed by atoms with Crippen LogP contribution in [0.25, 0.3) is 0 Å². The Bertz CT molecular complexity index is 335. The summed E-state index contributed by atoms with van der Waals surface area (Å²) in [7, 11) is -3.45. The third kappa shape index (κ3) is 2.46. The third-order valence-electron chi connectivity index (χ3n) is 1.11. The standard InChI is InChI=1S/C6H8N2O3S/c1-2-12(9,10)11-6-3-7-5-8-4-6/h3-5H,2H2,1H3. The lowest BCUT2D eigenvalue weighted by molar-refractivity contribution is 0.485. The molecule has 0 atom stereocenters. The van der Waals surface area contributed by atoms with Crippen molar-refractivity contribution >= 4 is 10.1 Å². The first kappa shape index (κ1) is 8.92. The van der Waals surface area contributed by atoms with E-state index in [1.54, 1.807) is 0 Å². The smallest absolute Gasteiger partial charge is 0.309 e. The highest BCUT2D eigenvalue weighted by molar-refractivity contribution is 7.87. The zero-order chi connectivity index (χ0) is 9.03. The van der Waals surface area contributed by atoms with E-state index in [1.807, 2.05) is 0 Å². The van der Waals surface area contributed by atoms with E-state index in [0.29, 0.717) is 0 Å². The Balaban J connectivity index is 2.78. The molecule has 1 aromatic rings. The maximum Gasteiger partial charge on any atom is 0.309 e. The summed E-state index contributed by atoms with van der Waals surface area (Å²) in [6.45, 7) is 1.50. The summed E-state index contributed by atoms with van der Waals surface area (Å²) in [5.41, 5.74) is 0. The fraction of sp³-hybridized carbons (Fsp3) is 0.333. The molecule has 0 unspecified atom stereocenters. The lowest BCUT2D eigenvalue weighted by Crippen LogP contribution is -2.11. The van der Waals surface area contributed by atoms with Crippen LogP contribution in [-0.4, -0.2) is 24.1 Å². The van der Waals surface area contributed by atoms with E-state index >= 15 is 0 Å². The van der Waals surface area contributed by atoms with Crippen molar-refractivity contribution in [1.29, 1.82) is 0 Å². The second-order valence-electron chi connectivity index (χ2n) is 2.00. The third-order valence-corrected chi connectivity index (χ3v) is 2.27. The molecule has 0 amide bonds. The van der Waals surface area contributed by atoms with Crippen LogP contribution in [0.4, 0.5) is 0 Å². The minimum absolute atomic E-state index is 0.0676. The monoisotopic (exact) mass is 188 g/mol. The molecule has 0 saturated heterocycles. The Morgan fingerprint density at radius 3 is 2.50 bits per heavy atom. The van der Waals surface area contributed by atoms with E-state index in [-0.39, 0.29) is 11.5 Å². The van der Waals surface area contributed by atoms with Crippen molar-refractivity contribution in [3.05, 3.63) is 18.7 Å². The molecule has 0 aliphatic carbocycles. The van der Waals surface area contributed by atoms with Gasteiger partial charge in [0.1, 0.15) is 6.33 Å². The van der Waals surface area contributed by atoms with Crippen LogP contribution >= 0.6 is 0 Å². The molecule has 1 aromatic heterocycles. The van der Waals surface area contributed by atoms with Crippen LogP contribution in [0.2, 0.25) is 0 Å². The van der Waals surface area contributed by atoms with Gasteiger partial charge in [-0.3, -0.25) is 0 Å². The summed E-state index contributed by atoms with van der Waals surface area (Å²) in [5.74, 6) is 0.0707. The van der Waals surface area contributed by atoms with Crippen LogP contribution in [0.5, 0.6) is 5.75 Å². The molecule has 0 fully saturated rings. The normalized spacial score (nSPS) is 11.1. The molecule has 0 spiro atoms. The zero-order valence-corrected chi connectivity index (χ0v) is 7.28. The SMILES string of the molecule is CCS(=O)(=O)Oc1cncnc1. The molecule has 1 rings (SSSR count). The van der Waals surface area contributed by atoms with Gasteiger partial charge in [-0.15, -0.1) is 0 Å². The number of nitrogens with zero attached hydrogens (tertiary/aromatic N) is 2. The van der Waals surface area contributed by atoms with Crippen molar-refractivity contribution in [2.75, 3.05) is 5.75 Å². The topological polar surface area (TPSA) is 69.2 Å². The second kappa shape index (κ2) is 3.48. The highest BCUT2D eigenvalue weighted by Crippen LogP contribution is 2.07. The van der Waals surface area contributed by atoms with Gasteiger partial charge < -0.3 is 4.18 Å². The van der Waals surface area contributed by atoms with E-state index in [9.17, 15) is 8.42 Å². The lowest BCUT2D eigenvalue weighted by atomic mass is 10.6. The minimum atomic E-state index is -3.45. The molecular weight excluding hydrogens is 180 g/mol. The van der Waals surface area contributed by atoms with Gasteiger partial charge in [0.25, 0.3) is 0 Å². The fourth-order valence-electron chi connectivity index (χ4n) is 0.534. The molecule has 6 heteroatoms. The number of hydrogen-bond acceptors (Lipinski definition) is 5. The Labute approximate surface area is 70.5 Å². The van der Waals surface area contributed by atoms with Gasteiger partial charge in [-0.05, 0) is 6.92 Å². The van der Waals surface area contributed by atoms with Crippen molar-refractivity contribution in [3.63, 3.8) is 0 Å². The first-order valence-electron chi connectivity index (χ1n) is 3.31. The predicted molar refractivity (Wildman–Crippen MR) is 42.1 cm³/mol. The Kier molecular flexibility index (Phi) is 2.59. The number of hydrogen-bond donors (Lipinski definition) is 0. The van der Waals surface area contributed by atoms with E-state index in [0.717, 1.165) is 0 Å². The van der Waals surface area contributed by atoms with Crippen LogP contribution in [0.3, 0.4) is 0 Å². The van der Waals surface area contributed by atoms with E-state index in [4.69, 9.17) is 0 Å². The summed E-state index contributed by atoms with van der Waals surface area (Å²) in [6, 6.07) is 0. The van der Waals surface area contributed by atoms with Gasteiger partial charge in [-0.25, -0.2) is 9.97 Å². The maximum atomic E-state index is 10.9. The highest BCUT2D eigenvalue weighted by Gasteiger charge is 2.08. The predicted octanol–water partition coefficient (Wildman–Crippen LogP) is 0.205. The Morgan fingerprint density at radius 1 is 1.42 bits per heavy atom. The maximum absolute atomic E-state index is 10.9. The molecule has 1 heterocycles. The molecule has 66 valence electrons. The molecular formula is C6H8N2O3S. The second-order valence-corrected chi connectivity index (χ2v) is 3.86. The van der Waals surface area contributed by atoms with Gasteiger partial charge >= 0.3 is 10.1 Å². The first-order valence-corrected chi connectivity index (χ1v) is 4.89. The van der Waals surface area contributed by atoms with Crippen LogP contribution in [0, 0.1) is 0 Å². The van der Waals surface area contributed by atoms with E-state index in [2.05, 4.69) is 14.2 Å².